The van der Waals surface area contributed by atoms with E-state index in [9.17, 15) is 19.5 Å². The molecule has 1 amide bonds. The lowest BCUT2D eigenvalue weighted by atomic mass is 10.1. The summed E-state index contributed by atoms with van der Waals surface area (Å²) >= 11 is 0. The number of aromatic carboxylic acids is 2. The van der Waals surface area contributed by atoms with Gasteiger partial charge >= 0.3 is 11.9 Å². The smallest absolute Gasteiger partial charge is 0.336 e. The second kappa shape index (κ2) is 9.52. The fraction of sp³-hybridized carbons (Fsp3) is 0.0870. The van der Waals surface area contributed by atoms with Gasteiger partial charge in [0.05, 0.1) is 36.6 Å². The normalized spacial score (nSPS) is 10.2. The maximum absolute atomic E-state index is 12.9. The Hall–Kier alpha value is -4.53. The molecule has 164 valence electrons. The minimum absolute atomic E-state index is 0.0908. The lowest BCUT2D eigenvalue weighted by Crippen LogP contribution is -2.14. The molecular weight excluding hydrogens is 418 g/mol. The van der Waals surface area contributed by atoms with Crippen LogP contribution < -0.4 is 19.5 Å². The Balaban J connectivity index is 1.91. The molecule has 0 aromatic heterocycles. The molecule has 0 spiro atoms. The van der Waals surface area contributed by atoms with Crippen LogP contribution in [0.4, 0.5) is 5.69 Å². The van der Waals surface area contributed by atoms with Crippen LogP contribution in [-0.2, 0) is 0 Å². The number of amides is 1. The van der Waals surface area contributed by atoms with Gasteiger partial charge in [0.1, 0.15) is 5.75 Å². The highest BCUT2D eigenvalue weighted by molar-refractivity contribution is 6.07. The molecule has 9 nitrogen and oxygen atoms in total. The number of carbonyl (C=O) groups is 3. The Morgan fingerprint density at radius 2 is 1.44 bits per heavy atom. The Labute approximate surface area is 182 Å². The quantitative estimate of drug-likeness (QED) is 0.479. The Morgan fingerprint density at radius 1 is 0.750 bits per heavy atom. The third-order valence-corrected chi connectivity index (χ3v) is 4.46. The molecule has 0 aliphatic rings. The Morgan fingerprint density at radius 3 is 2.09 bits per heavy atom. The van der Waals surface area contributed by atoms with Gasteiger partial charge in [-0.3, -0.25) is 4.79 Å². The first kappa shape index (κ1) is 22.2. The van der Waals surface area contributed by atoms with Gasteiger partial charge in [0, 0.05) is 0 Å². The SMILES string of the molecule is COc1cccc(C(=O)Nc2ccccc2Oc2ccc(C(=O)O)c(C(=O)O)c2)c1OC. The van der Waals surface area contributed by atoms with Crippen LogP contribution in [0.3, 0.4) is 0 Å². The molecule has 3 aromatic carbocycles. The zero-order chi connectivity index (χ0) is 23.3. The summed E-state index contributed by atoms with van der Waals surface area (Å²) in [5, 5.41) is 21.2. The van der Waals surface area contributed by atoms with E-state index in [-0.39, 0.29) is 28.4 Å². The zero-order valence-electron chi connectivity index (χ0n) is 17.1. The number of nitrogens with one attached hydrogen (secondary N) is 1. The van der Waals surface area contributed by atoms with Crippen molar-refractivity contribution < 1.29 is 38.8 Å². The van der Waals surface area contributed by atoms with Crippen LogP contribution in [0.2, 0.25) is 0 Å². The predicted octanol–water partition coefficient (Wildman–Crippen LogP) is 4.14. The fourth-order valence-corrected chi connectivity index (χ4v) is 2.99. The number of rotatable bonds is 8. The standard InChI is InChI=1S/C23H19NO8/c1-30-19-9-5-6-15(20(19)31-2)21(25)24-17-7-3-4-8-18(17)32-13-10-11-14(22(26)27)16(12-13)23(28)29/h3-12H,1-2H3,(H,24,25)(H,26,27)(H,28,29). The van der Waals surface area contributed by atoms with E-state index in [1.54, 1.807) is 42.5 Å². The third-order valence-electron chi connectivity index (χ3n) is 4.46. The van der Waals surface area contributed by atoms with E-state index >= 15 is 0 Å². The number of carboxylic acids is 2. The van der Waals surface area contributed by atoms with Crippen molar-refractivity contribution in [2.45, 2.75) is 0 Å². The van der Waals surface area contributed by atoms with Crippen LogP contribution in [0.15, 0.2) is 60.7 Å². The highest BCUT2D eigenvalue weighted by atomic mass is 16.5. The van der Waals surface area contributed by atoms with Gasteiger partial charge in [-0.1, -0.05) is 18.2 Å². The van der Waals surface area contributed by atoms with E-state index in [2.05, 4.69) is 5.32 Å². The summed E-state index contributed by atoms with van der Waals surface area (Å²) in [7, 11) is 2.89. The van der Waals surface area contributed by atoms with Crippen molar-refractivity contribution in [3.05, 3.63) is 77.4 Å². The van der Waals surface area contributed by atoms with Crippen LogP contribution >= 0.6 is 0 Å². The second-order valence-corrected chi connectivity index (χ2v) is 6.41. The van der Waals surface area contributed by atoms with Gasteiger partial charge in [-0.15, -0.1) is 0 Å². The van der Waals surface area contributed by atoms with Gasteiger partial charge in [-0.2, -0.15) is 0 Å². The molecule has 0 bridgehead atoms. The first-order valence-corrected chi connectivity index (χ1v) is 9.25. The van der Waals surface area contributed by atoms with Gasteiger partial charge in [0.2, 0.25) is 0 Å². The number of para-hydroxylation sites is 3. The van der Waals surface area contributed by atoms with Crippen LogP contribution in [0.5, 0.6) is 23.0 Å². The molecule has 3 N–H and O–H groups in total. The first-order chi connectivity index (χ1) is 15.3. The number of carboxylic acid groups (broad SMARTS) is 2. The molecule has 0 radical (unpaired) electrons. The summed E-state index contributed by atoms with van der Waals surface area (Å²) in [6.07, 6.45) is 0. The highest BCUT2D eigenvalue weighted by Gasteiger charge is 2.20. The molecule has 0 unspecified atom stereocenters. The first-order valence-electron chi connectivity index (χ1n) is 9.25. The molecule has 0 heterocycles. The number of hydrogen-bond acceptors (Lipinski definition) is 6. The maximum Gasteiger partial charge on any atom is 0.336 e. The third kappa shape index (κ3) is 4.62. The molecular formula is C23H19NO8. The molecule has 32 heavy (non-hydrogen) atoms. The van der Waals surface area contributed by atoms with Gasteiger partial charge in [-0.25, -0.2) is 9.59 Å². The van der Waals surface area contributed by atoms with Crippen molar-refractivity contribution in [2.75, 3.05) is 19.5 Å². The number of benzene rings is 3. The summed E-state index contributed by atoms with van der Waals surface area (Å²) in [4.78, 5) is 35.5. The lowest BCUT2D eigenvalue weighted by Gasteiger charge is -2.15. The van der Waals surface area contributed by atoms with E-state index in [0.717, 1.165) is 12.1 Å². The fourth-order valence-electron chi connectivity index (χ4n) is 2.99. The molecule has 0 atom stereocenters. The average molecular weight is 437 g/mol. The highest BCUT2D eigenvalue weighted by Crippen LogP contribution is 2.34. The number of carbonyl (C=O) groups excluding carboxylic acids is 1. The topological polar surface area (TPSA) is 131 Å². The van der Waals surface area contributed by atoms with Crippen LogP contribution in [0, 0.1) is 0 Å². The Bertz CT molecular complexity index is 1190. The molecule has 0 aliphatic heterocycles. The van der Waals surface area contributed by atoms with Crippen LogP contribution in [-0.4, -0.2) is 42.3 Å². The second-order valence-electron chi connectivity index (χ2n) is 6.41. The Kier molecular flexibility index (Phi) is 6.59. The summed E-state index contributed by atoms with van der Waals surface area (Å²) < 4.78 is 16.3. The van der Waals surface area contributed by atoms with Gasteiger partial charge in [-0.05, 0) is 42.5 Å². The summed E-state index contributed by atoms with van der Waals surface area (Å²) in [5.74, 6) is -2.28. The number of hydrogen-bond donors (Lipinski definition) is 3. The summed E-state index contributed by atoms with van der Waals surface area (Å²) in [6.45, 7) is 0. The van der Waals surface area contributed by atoms with Crippen molar-refractivity contribution in [2.24, 2.45) is 0 Å². The molecule has 9 heteroatoms. The van der Waals surface area contributed by atoms with Crippen molar-refractivity contribution in [3.63, 3.8) is 0 Å². The minimum Gasteiger partial charge on any atom is -0.493 e. The van der Waals surface area contributed by atoms with E-state index in [4.69, 9.17) is 19.3 Å². The monoisotopic (exact) mass is 437 g/mol. The van der Waals surface area contributed by atoms with Gasteiger partial charge in [0.25, 0.3) is 5.91 Å². The summed E-state index contributed by atoms with van der Waals surface area (Å²) in [5.41, 5.74) is -0.239. The number of methoxy groups -OCH3 is 2. The van der Waals surface area contributed by atoms with E-state index in [0.29, 0.717) is 11.4 Å². The lowest BCUT2D eigenvalue weighted by molar-refractivity contribution is 0.0651. The zero-order valence-corrected chi connectivity index (χ0v) is 17.1. The van der Waals surface area contributed by atoms with E-state index in [1.165, 1.54) is 20.3 Å². The van der Waals surface area contributed by atoms with Crippen molar-refractivity contribution in [1.29, 1.82) is 0 Å². The van der Waals surface area contributed by atoms with Crippen molar-refractivity contribution in [1.82, 2.24) is 0 Å². The van der Waals surface area contributed by atoms with Gasteiger partial charge in [0.15, 0.2) is 17.2 Å². The molecule has 0 aliphatic carbocycles. The number of ether oxygens (including phenoxy) is 3. The molecule has 0 saturated heterocycles. The number of anilines is 1. The molecule has 0 fully saturated rings. The summed E-state index contributed by atoms with van der Waals surface area (Å²) in [6, 6.07) is 15.0. The van der Waals surface area contributed by atoms with Crippen LogP contribution in [0.1, 0.15) is 31.1 Å². The minimum atomic E-state index is -1.40. The molecule has 0 saturated carbocycles. The predicted molar refractivity (Wildman–Crippen MR) is 114 cm³/mol. The largest absolute Gasteiger partial charge is 0.493 e. The van der Waals surface area contributed by atoms with Crippen molar-refractivity contribution >= 4 is 23.5 Å². The van der Waals surface area contributed by atoms with Crippen molar-refractivity contribution in [3.8, 4) is 23.0 Å². The van der Waals surface area contributed by atoms with E-state index < -0.39 is 23.4 Å². The van der Waals surface area contributed by atoms with Gasteiger partial charge < -0.3 is 29.7 Å². The average Bonchev–Trinajstić information content (AvgIpc) is 2.79. The van der Waals surface area contributed by atoms with Crippen LogP contribution in [0.25, 0.3) is 0 Å². The molecule has 3 rings (SSSR count). The molecule has 3 aromatic rings. The maximum atomic E-state index is 12.9. The van der Waals surface area contributed by atoms with E-state index in [1.807, 2.05) is 0 Å².